The van der Waals surface area contributed by atoms with Crippen molar-refractivity contribution in [1.82, 2.24) is 20.4 Å². The second-order valence-corrected chi connectivity index (χ2v) is 6.36. The number of carbonyl (C=O) groups is 2. The van der Waals surface area contributed by atoms with Crippen molar-refractivity contribution >= 4 is 11.9 Å². The summed E-state index contributed by atoms with van der Waals surface area (Å²) in [5.74, 6) is -0.935. The lowest BCUT2D eigenvalue weighted by atomic mass is 9.81. The van der Waals surface area contributed by atoms with Crippen LogP contribution in [0.2, 0.25) is 0 Å². The Labute approximate surface area is 121 Å². The monoisotopic (exact) mass is 290 g/mol. The molecule has 7 heteroatoms. The average molecular weight is 290 g/mol. The number of amides is 1. The lowest BCUT2D eigenvalue weighted by Crippen LogP contribution is -2.41. The van der Waals surface area contributed by atoms with E-state index in [0.29, 0.717) is 25.3 Å². The number of likely N-dealkylation sites (tertiary alicyclic amines) is 1. The number of hydrogen-bond donors (Lipinski definition) is 3. The van der Waals surface area contributed by atoms with E-state index in [0.717, 1.165) is 30.5 Å². The van der Waals surface area contributed by atoms with Crippen molar-refractivity contribution in [1.29, 1.82) is 0 Å². The maximum atomic E-state index is 12.7. The van der Waals surface area contributed by atoms with Crippen LogP contribution in [0, 0.1) is 11.3 Å². The van der Waals surface area contributed by atoms with Gasteiger partial charge in [0, 0.05) is 43.4 Å². The van der Waals surface area contributed by atoms with E-state index in [9.17, 15) is 14.7 Å². The molecule has 1 aliphatic carbocycles. The van der Waals surface area contributed by atoms with E-state index < -0.39 is 11.4 Å². The van der Waals surface area contributed by atoms with Gasteiger partial charge < -0.3 is 15.3 Å². The normalized spacial score (nSPS) is 30.5. The second-order valence-electron chi connectivity index (χ2n) is 6.36. The lowest BCUT2D eigenvalue weighted by Gasteiger charge is -2.22. The third kappa shape index (κ3) is 1.67. The van der Waals surface area contributed by atoms with E-state index in [4.69, 9.17) is 0 Å². The second kappa shape index (κ2) is 4.30. The van der Waals surface area contributed by atoms with Crippen LogP contribution in [0.3, 0.4) is 0 Å². The first-order valence-electron chi connectivity index (χ1n) is 7.41. The highest BCUT2D eigenvalue weighted by Crippen LogP contribution is 2.40. The molecule has 1 amide bonds. The largest absolute Gasteiger partial charge is 0.481 e. The van der Waals surface area contributed by atoms with Crippen LogP contribution in [0.4, 0.5) is 0 Å². The first-order chi connectivity index (χ1) is 10.1. The summed E-state index contributed by atoms with van der Waals surface area (Å²) in [7, 11) is 0. The number of fused-ring (bicyclic) bond motifs is 2. The van der Waals surface area contributed by atoms with Crippen LogP contribution in [-0.4, -0.2) is 58.3 Å². The zero-order valence-corrected chi connectivity index (χ0v) is 11.7. The molecule has 0 bridgehead atoms. The van der Waals surface area contributed by atoms with Gasteiger partial charge in [-0.2, -0.15) is 5.10 Å². The van der Waals surface area contributed by atoms with Crippen molar-refractivity contribution in [3.63, 3.8) is 0 Å². The Kier molecular flexibility index (Phi) is 2.63. The lowest BCUT2D eigenvalue weighted by molar-refractivity contribution is -0.148. The first-order valence-corrected chi connectivity index (χ1v) is 7.41. The van der Waals surface area contributed by atoms with Gasteiger partial charge in [-0.1, -0.05) is 0 Å². The van der Waals surface area contributed by atoms with E-state index in [2.05, 4.69) is 15.5 Å². The molecule has 0 aromatic carbocycles. The molecule has 3 aliphatic rings. The fourth-order valence-electron chi connectivity index (χ4n) is 4.02. The summed E-state index contributed by atoms with van der Waals surface area (Å²) in [6, 6.07) is 0. The van der Waals surface area contributed by atoms with Crippen LogP contribution < -0.4 is 5.32 Å². The molecule has 0 saturated carbocycles. The Bertz CT molecular complexity index is 626. The van der Waals surface area contributed by atoms with Gasteiger partial charge in [-0.15, -0.1) is 0 Å². The van der Waals surface area contributed by atoms with E-state index in [1.54, 1.807) is 4.90 Å². The smallest absolute Gasteiger partial charge is 0.313 e. The summed E-state index contributed by atoms with van der Waals surface area (Å²) in [6.45, 7) is 1.88. The number of aryl methyl sites for hydroxylation is 1. The molecule has 0 unspecified atom stereocenters. The van der Waals surface area contributed by atoms with E-state index >= 15 is 0 Å². The number of nitrogens with one attached hydrogen (secondary N) is 2. The molecule has 2 saturated heterocycles. The number of aromatic amines is 1. The van der Waals surface area contributed by atoms with Crippen molar-refractivity contribution in [3.8, 4) is 0 Å². The molecule has 7 nitrogen and oxygen atoms in total. The number of aliphatic carboxylic acids is 1. The Morgan fingerprint density at radius 1 is 1.38 bits per heavy atom. The third-order valence-corrected chi connectivity index (χ3v) is 5.25. The molecule has 1 aromatic heterocycles. The number of rotatable bonds is 2. The number of carboxylic acids is 1. The molecule has 3 N–H and O–H groups in total. The quantitative estimate of drug-likeness (QED) is 0.691. The zero-order valence-electron chi connectivity index (χ0n) is 11.7. The number of hydrogen-bond acceptors (Lipinski definition) is 4. The summed E-state index contributed by atoms with van der Waals surface area (Å²) in [5.41, 5.74) is 1.76. The van der Waals surface area contributed by atoms with Gasteiger partial charge in [0.05, 0.1) is 0 Å². The van der Waals surface area contributed by atoms with Gasteiger partial charge >= 0.3 is 5.97 Å². The van der Waals surface area contributed by atoms with Crippen molar-refractivity contribution in [2.24, 2.45) is 11.3 Å². The van der Waals surface area contributed by atoms with Crippen LogP contribution in [0.25, 0.3) is 0 Å². The fourth-order valence-corrected chi connectivity index (χ4v) is 4.02. The fraction of sp³-hybridized carbons (Fsp3) is 0.643. The van der Waals surface area contributed by atoms with Gasteiger partial charge in [-0.25, -0.2) is 0 Å². The van der Waals surface area contributed by atoms with Crippen LogP contribution in [0.5, 0.6) is 0 Å². The van der Waals surface area contributed by atoms with Gasteiger partial charge in [-0.05, 0) is 19.3 Å². The van der Waals surface area contributed by atoms with Gasteiger partial charge in [0.25, 0.3) is 5.91 Å². The first kappa shape index (κ1) is 12.8. The van der Waals surface area contributed by atoms with Crippen molar-refractivity contribution in [3.05, 3.63) is 17.0 Å². The van der Waals surface area contributed by atoms with Gasteiger partial charge in [0.2, 0.25) is 0 Å². The van der Waals surface area contributed by atoms with E-state index in [1.807, 2.05) is 0 Å². The van der Waals surface area contributed by atoms with Crippen LogP contribution >= 0.6 is 0 Å². The van der Waals surface area contributed by atoms with E-state index in [-0.39, 0.29) is 18.4 Å². The molecule has 0 radical (unpaired) electrons. The number of aromatic nitrogens is 2. The standard InChI is InChI=1S/C14H18N4O3/c19-12(11-9-2-1-3-10(9)16-17-11)18-5-8-4-15-6-14(8,7-18)13(20)21/h8,15H,1-7H2,(H,16,17)(H,20,21)/t8-,14-/m0/s1. The predicted molar refractivity (Wildman–Crippen MR) is 72.9 cm³/mol. The molecule has 3 heterocycles. The number of nitrogens with zero attached hydrogens (tertiary/aromatic N) is 2. The molecule has 112 valence electrons. The minimum Gasteiger partial charge on any atom is -0.481 e. The van der Waals surface area contributed by atoms with Gasteiger partial charge in [0.1, 0.15) is 5.41 Å². The summed E-state index contributed by atoms with van der Waals surface area (Å²) >= 11 is 0. The molecule has 2 fully saturated rings. The van der Waals surface area contributed by atoms with Crippen molar-refractivity contribution < 1.29 is 14.7 Å². The summed E-state index contributed by atoms with van der Waals surface area (Å²) in [5, 5.41) is 19.8. The summed E-state index contributed by atoms with van der Waals surface area (Å²) in [4.78, 5) is 26.0. The molecule has 4 rings (SSSR count). The highest BCUT2D eigenvalue weighted by Gasteiger charge is 2.56. The van der Waals surface area contributed by atoms with E-state index in [1.165, 1.54) is 0 Å². The molecule has 2 aliphatic heterocycles. The Morgan fingerprint density at radius 3 is 3.00 bits per heavy atom. The van der Waals surface area contributed by atoms with Gasteiger partial charge in [-0.3, -0.25) is 14.7 Å². The minimum atomic E-state index is -0.824. The highest BCUT2D eigenvalue weighted by molar-refractivity contribution is 5.95. The summed E-state index contributed by atoms with van der Waals surface area (Å²) in [6.07, 6.45) is 2.88. The molecular formula is C14H18N4O3. The SMILES string of the molecule is O=C(c1n[nH]c2c1CCC2)N1C[C@@H]2CNC[C@]2(C(=O)O)C1. The Balaban J connectivity index is 1.61. The minimum absolute atomic E-state index is 0.00839. The average Bonchev–Trinajstić information content (AvgIpc) is 3.16. The van der Waals surface area contributed by atoms with Crippen LogP contribution in [-0.2, 0) is 17.6 Å². The Hall–Kier alpha value is -1.89. The molecule has 2 atom stereocenters. The van der Waals surface area contributed by atoms with Crippen molar-refractivity contribution in [2.75, 3.05) is 26.2 Å². The number of carboxylic acid groups (broad SMARTS) is 1. The van der Waals surface area contributed by atoms with Gasteiger partial charge in [0.15, 0.2) is 5.69 Å². The number of carbonyl (C=O) groups excluding carboxylic acids is 1. The molecule has 0 spiro atoms. The zero-order chi connectivity index (χ0) is 14.6. The number of H-pyrrole nitrogens is 1. The topological polar surface area (TPSA) is 98.3 Å². The highest BCUT2D eigenvalue weighted by atomic mass is 16.4. The molecule has 21 heavy (non-hydrogen) atoms. The molecular weight excluding hydrogens is 272 g/mol. The van der Waals surface area contributed by atoms with Crippen LogP contribution in [0.15, 0.2) is 0 Å². The summed E-state index contributed by atoms with van der Waals surface area (Å²) < 4.78 is 0. The Morgan fingerprint density at radius 2 is 2.24 bits per heavy atom. The maximum absolute atomic E-state index is 12.7. The molecule has 1 aromatic rings. The maximum Gasteiger partial charge on any atom is 0.313 e. The van der Waals surface area contributed by atoms with Crippen LogP contribution in [0.1, 0.15) is 28.2 Å². The third-order valence-electron chi connectivity index (χ3n) is 5.25. The predicted octanol–water partition coefficient (Wildman–Crippen LogP) is -0.355. The van der Waals surface area contributed by atoms with Crippen molar-refractivity contribution in [2.45, 2.75) is 19.3 Å².